The standard InChI is InChI=1S/C15H25NO4/c1-4-12(10-18-2)16-9-13(17)11-20-15-8-6-5-7-14(15)19-3/h5-8,12-13,16-17H,4,9-11H2,1-3H3. The van der Waals surface area contributed by atoms with Crippen molar-refractivity contribution >= 4 is 0 Å². The Balaban J connectivity index is 2.33. The summed E-state index contributed by atoms with van der Waals surface area (Å²) in [6.45, 7) is 3.40. The molecule has 0 fully saturated rings. The Kier molecular flexibility index (Phi) is 8.02. The number of hydrogen-bond acceptors (Lipinski definition) is 5. The zero-order valence-electron chi connectivity index (χ0n) is 12.5. The van der Waals surface area contributed by atoms with Gasteiger partial charge in [-0.2, -0.15) is 0 Å². The summed E-state index contributed by atoms with van der Waals surface area (Å²) in [4.78, 5) is 0. The van der Waals surface area contributed by atoms with Gasteiger partial charge in [-0.15, -0.1) is 0 Å². The first-order valence-corrected chi connectivity index (χ1v) is 6.87. The SMILES string of the molecule is CCC(COC)NCC(O)COc1ccccc1OC. The Morgan fingerprint density at radius 1 is 1.15 bits per heavy atom. The third-order valence-corrected chi connectivity index (χ3v) is 3.00. The van der Waals surface area contributed by atoms with E-state index in [0.29, 0.717) is 24.7 Å². The number of aliphatic hydroxyl groups excluding tert-OH is 1. The molecule has 0 aliphatic rings. The van der Waals surface area contributed by atoms with Crippen LogP contribution in [0.1, 0.15) is 13.3 Å². The van der Waals surface area contributed by atoms with Gasteiger partial charge in [0.1, 0.15) is 12.7 Å². The van der Waals surface area contributed by atoms with Crippen LogP contribution >= 0.6 is 0 Å². The molecule has 0 amide bonds. The maximum atomic E-state index is 9.92. The van der Waals surface area contributed by atoms with Crippen LogP contribution in [0.25, 0.3) is 0 Å². The molecule has 0 radical (unpaired) electrons. The van der Waals surface area contributed by atoms with Gasteiger partial charge in [0.05, 0.1) is 13.7 Å². The monoisotopic (exact) mass is 283 g/mol. The fourth-order valence-electron chi connectivity index (χ4n) is 1.81. The van der Waals surface area contributed by atoms with Crippen molar-refractivity contribution in [2.24, 2.45) is 0 Å². The Morgan fingerprint density at radius 3 is 2.45 bits per heavy atom. The number of methoxy groups -OCH3 is 2. The summed E-state index contributed by atoms with van der Waals surface area (Å²) in [7, 11) is 3.27. The molecule has 1 aromatic carbocycles. The highest BCUT2D eigenvalue weighted by Crippen LogP contribution is 2.25. The molecule has 0 saturated carbocycles. The topological polar surface area (TPSA) is 60.0 Å². The molecule has 1 aromatic rings. The van der Waals surface area contributed by atoms with E-state index in [1.807, 2.05) is 24.3 Å². The van der Waals surface area contributed by atoms with E-state index in [2.05, 4.69) is 12.2 Å². The zero-order valence-corrected chi connectivity index (χ0v) is 12.5. The molecule has 0 bridgehead atoms. The number of benzene rings is 1. The van der Waals surface area contributed by atoms with Gasteiger partial charge in [0.25, 0.3) is 0 Å². The van der Waals surface area contributed by atoms with Gasteiger partial charge < -0.3 is 24.6 Å². The largest absolute Gasteiger partial charge is 0.493 e. The van der Waals surface area contributed by atoms with Gasteiger partial charge >= 0.3 is 0 Å². The fraction of sp³-hybridized carbons (Fsp3) is 0.600. The van der Waals surface area contributed by atoms with Gasteiger partial charge in [-0.3, -0.25) is 0 Å². The van der Waals surface area contributed by atoms with Crippen molar-refractivity contribution in [3.8, 4) is 11.5 Å². The van der Waals surface area contributed by atoms with Crippen LogP contribution in [0, 0.1) is 0 Å². The van der Waals surface area contributed by atoms with Crippen molar-refractivity contribution < 1.29 is 19.3 Å². The lowest BCUT2D eigenvalue weighted by Gasteiger charge is -2.19. The van der Waals surface area contributed by atoms with Crippen molar-refractivity contribution in [3.63, 3.8) is 0 Å². The molecule has 20 heavy (non-hydrogen) atoms. The Bertz CT molecular complexity index is 373. The van der Waals surface area contributed by atoms with Gasteiger partial charge in [0.15, 0.2) is 11.5 Å². The number of nitrogens with one attached hydrogen (secondary N) is 1. The van der Waals surface area contributed by atoms with Crippen LogP contribution in [0.5, 0.6) is 11.5 Å². The molecule has 0 heterocycles. The summed E-state index contributed by atoms with van der Waals surface area (Å²) in [5.74, 6) is 1.30. The summed E-state index contributed by atoms with van der Waals surface area (Å²) >= 11 is 0. The minimum atomic E-state index is -0.578. The van der Waals surface area contributed by atoms with Gasteiger partial charge in [-0.05, 0) is 18.6 Å². The van der Waals surface area contributed by atoms with Gasteiger partial charge in [-0.1, -0.05) is 19.1 Å². The molecule has 2 unspecified atom stereocenters. The highest BCUT2D eigenvalue weighted by Gasteiger charge is 2.11. The van der Waals surface area contributed by atoms with Gasteiger partial charge in [0, 0.05) is 19.7 Å². The summed E-state index contributed by atoms with van der Waals surface area (Å²) in [6, 6.07) is 7.64. The highest BCUT2D eigenvalue weighted by molar-refractivity contribution is 5.39. The highest BCUT2D eigenvalue weighted by atomic mass is 16.5. The van der Waals surface area contributed by atoms with Crippen molar-refractivity contribution in [3.05, 3.63) is 24.3 Å². The summed E-state index contributed by atoms with van der Waals surface area (Å²) in [6.07, 6.45) is 0.374. The summed E-state index contributed by atoms with van der Waals surface area (Å²) < 4.78 is 15.9. The van der Waals surface area contributed by atoms with E-state index in [4.69, 9.17) is 14.2 Å². The van der Waals surface area contributed by atoms with Crippen molar-refractivity contribution in [2.45, 2.75) is 25.5 Å². The van der Waals surface area contributed by atoms with E-state index in [1.54, 1.807) is 14.2 Å². The van der Waals surface area contributed by atoms with Gasteiger partial charge in [-0.25, -0.2) is 0 Å². The Hall–Kier alpha value is -1.30. The van der Waals surface area contributed by atoms with Crippen LogP contribution in [-0.2, 0) is 4.74 Å². The maximum absolute atomic E-state index is 9.92. The number of aliphatic hydroxyl groups is 1. The number of para-hydroxylation sites is 2. The third kappa shape index (κ3) is 5.77. The minimum absolute atomic E-state index is 0.219. The van der Waals surface area contributed by atoms with Crippen molar-refractivity contribution in [1.82, 2.24) is 5.32 Å². The Morgan fingerprint density at radius 2 is 1.85 bits per heavy atom. The molecule has 0 saturated heterocycles. The van der Waals surface area contributed by atoms with Crippen molar-refractivity contribution in [1.29, 1.82) is 0 Å². The van der Waals surface area contributed by atoms with Crippen LogP contribution in [0.4, 0.5) is 0 Å². The molecule has 0 aliphatic heterocycles. The molecule has 2 N–H and O–H groups in total. The van der Waals surface area contributed by atoms with E-state index in [1.165, 1.54) is 0 Å². The second kappa shape index (κ2) is 9.58. The quantitative estimate of drug-likeness (QED) is 0.680. The fourth-order valence-corrected chi connectivity index (χ4v) is 1.81. The van der Waals surface area contributed by atoms with E-state index >= 15 is 0 Å². The Labute approximate surface area is 120 Å². The average Bonchev–Trinajstić information content (AvgIpc) is 2.49. The first-order chi connectivity index (χ1) is 9.71. The first-order valence-electron chi connectivity index (χ1n) is 6.87. The minimum Gasteiger partial charge on any atom is -0.493 e. The lowest BCUT2D eigenvalue weighted by Crippen LogP contribution is -2.40. The number of hydrogen-bond donors (Lipinski definition) is 2. The molecule has 5 nitrogen and oxygen atoms in total. The molecule has 0 aromatic heterocycles. The molecular weight excluding hydrogens is 258 g/mol. The second-order valence-electron chi connectivity index (χ2n) is 4.58. The van der Waals surface area contributed by atoms with Crippen LogP contribution in [0.15, 0.2) is 24.3 Å². The predicted molar refractivity (Wildman–Crippen MR) is 78.5 cm³/mol. The van der Waals surface area contributed by atoms with Crippen LogP contribution < -0.4 is 14.8 Å². The molecule has 114 valence electrons. The van der Waals surface area contributed by atoms with Crippen LogP contribution in [-0.4, -0.2) is 51.2 Å². The number of rotatable bonds is 10. The van der Waals surface area contributed by atoms with E-state index in [-0.39, 0.29) is 12.6 Å². The molecule has 0 spiro atoms. The van der Waals surface area contributed by atoms with E-state index in [9.17, 15) is 5.11 Å². The van der Waals surface area contributed by atoms with Crippen LogP contribution in [0.3, 0.4) is 0 Å². The lowest BCUT2D eigenvalue weighted by atomic mass is 10.2. The van der Waals surface area contributed by atoms with E-state index < -0.39 is 6.10 Å². The zero-order chi connectivity index (χ0) is 14.8. The second-order valence-corrected chi connectivity index (χ2v) is 4.58. The van der Waals surface area contributed by atoms with E-state index in [0.717, 1.165) is 6.42 Å². The molecule has 1 rings (SSSR count). The third-order valence-electron chi connectivity index (χ3n) is 3.00. The lowest BCUT2D eigenvalue weighted by molar-refractivity contribution is 0.0939. The maximum Gasteiger partial charge on any atom is 0.161 e. The normalized spacial score (nSPS) is 13.8. The molecular formula is C15H25NO4. The molecule has 0 aliphatic carbocycles. The van der Waals surface area contributed by atoms with Crippen molar-refractivity contribution in [2.75, 3.05) is 34.0 Å². The number of ether oxygens (including phenoxy) is 3. The van der Waals surface area contributed by atoms with Crippen LogP contribution in [0.2, 0.25) is 0 Å². The molecule has 2 atom stereocenters. The summed E-state index contributed by atoms with van der Waals surface area (Å²) in [5.41, 5.74) is 0. The summed E-state index contributed by atoms with van der Waals surface area (Å²) in [5, 5.41) is 13.2. The predicted octanol–water partition coefficient (Wildman–Crippen LogP) is 1.45. The van der Waals surface area contributed by atoms with Gasteiger partial charge in [0.2, 0.25) is 0 Å². The molecule has 5 heteroatoms. The average molecular weight is 283 g/mol. The smallest absolute Gasteiger partial charge is 0.161 e. The first kappa shape index (κ1) is 16.8.